The van der Waals surface area contributed by atoms with E-state index in [1.54, 1.807) is 4.90 Å². The van der Waals surface area contributed by atoms with Crippen molar-refractivity contribution in [2.24, 2.45) is 11.3 Å². The van der Waals surface area contributed by atoms with Crippen LogP contribution in [0.25, 0.3) is 0 Å². The Morgan fingerprint density at radius 2 is 1.94 bits per heavy atom. The zero-order valence-electron chi connectivity index (χ0n) is 11.7. The molecule has 0 saturated carbocycles. The summed E-state index contributed by atoms with van der Waals surface area (Å²) < 4.78 is 0. The van der Waals surface area contributed by atoms with Crippen LogP contribution in [0.2, 0.25) is 0 Å². The highest BCUT2D eigenvalue weighted by molar-refractivity contribution is 5.82. The minimum absolute atomic E-state index is 0.00697. The van der Waals surface area contributed by atoms with E-state index in [-0.39, 0.29) is 24.4 Å². The first-order valence-corrected chi connectivity index (χ1v) is 6.54. The highest BCUT2D eigenvalue weighted by Crippen LogP contribution is 2.38. The van der Waals surface area contributed by atoms with Crippen molar-refractivity contribution in [3.63, 3.8) is 0 Å². The van der Waals surface area contributed by atoms with Gasteiger partial charge in [-0.25, -0.2) is 0 Å². The summed E-state index contributed by atoms with van der Waals surface area (Å²) in [5.74, 6) is -0.761. The normalized spacial score (nSPS) is 24.0. The molecule has 0 radical (unpaired) electrons. The average molecular weight is 256 g/mol. The Morgan fingerprint density at radius 1 is 1.33 bits per heavy atom. The summed E-state index contributed by atoms with van der Waals surface area (Å²) in [5, 5.41) is 12.5. The van der Waals surface area contributed by atoms with Gasteiger partial charge in [0, 0.05) is 19.1 Å². The molecule has 1 saturated heterocycles. The maximum atomic E-state index is 12.0. The molecule has 1 aliphatic rings. The van der Waals surface area contributed by atoms with Crippen LogP contribution in [0, 0.1) is 11.3 Å². The highest BCUT2D eigenvalue weighted by atomic mass is 16.4. The van der Waals surface area contributed by atoms with Crippen LogP contribution < -0.4 is 5.32 Å². The van der Waals surface area contributed by atoms with Gasteiger partial charge >= 0.3 is 5.97 Å². The number of likely N-dealkylation sites (tertiary alicyclic amines) is 1. The monoisotopic (exact) mass is 256 g/mol. The van der Waals surface area contributed by atoms with E-state index >= 15 is 0 Å². The van der Waals surface area contributed by atoms with Gasteiger partial charge in [-0.05, 0) is 12.3 Å². The van der Waals surface area contributed by atoms with E-state index in [0.717, 1.165) is 0 Å². The van der Waals surface area contributed by atoms with Crippen LogP contribution in [0.4, 0.5) is 0 Å². The number of hydrogen-bond donors (Lipinski definition) is 2. The zero-order valence-corrected chi connectivity index (χ0v) is 11.7. The highest BCUT2D eigenvalue weighted by Gasteiger charge is 2.48. The van der Waals surface area contributed by atoms with E-state index in [2.05, 4.69) is 5.32 Å². The van der Waals surface area contributed by atoms with Crippen LogP contribution in [-0.2, 0) is 9.59 Å². The summed E-state index contributed by atoms with van der Waals surface area (Å²) in [6.45, 7) is 8.94. The summed E-state index contributed by atoms with van der Waals surface area (Å²) in [6.07, 6.45) is 0.549. The van der Waals surface area contributed by atoms with E-state index in [1.165, 1.54) is 0 Å². The van der Waals surface area contributed by atoms with Gasteiger partial charge in [0.25, 0.3) is 0 Å². The summed E-state index contributed by atoms with van der Waals surface area (Å²) in [6, 6.07) is 0.255. The molecular formula is C13H24N2O3. The third-order valence-electron chi connectivity index (χ3n) is 3.85. The van der Waals surface area contributed by atoms with Crippen LogP contribution in [0.3, 0.4) is 0 Å². The molecule has 0 aromatic rings. The van der Waals surface area contributed by atoms with Crippen molar-refractivity contribution in [3.05, 3.63) is 0 Å². The third-order valence-corrected chi connectivity index (χ3v) is 3.85. The minimum Gasteiger partial charge on any atom is -0.481 e. The second-order valence-corrected chi connectivity index (χ2v) is 5.72. The molecule has 1 heterocycles. The first kappa shape index (κ1) is 15.0. The number of carboxylic acids is 1. The van der Waals surface area contributed by atoms with Crippen molar-refractivity contribution in [2.75, 3.05) is 19.6 Å². The van der Waals surface area contributed by atoms with E-state index in [4.69, 9.17) is 0 Å². The third kappa shape index (κ3) is 3.02. The Hall–Kier alpha value is -1.10. The Morgan fingerprint density at radius 3 is 2.33 bits per heavy atom. The second-order valence-electron chi connectivity index (χ2n) is 5.72. The van der Waals surface area contributed by atoms with Crippen molar-refractivity contribution in [1.82, 2.24) is 10.2 Å². The summed E-state index contributed by atoms with van der Waals surface area (Å²) in [4.78, 5) is 25.1. The molecule has 5 nitrogen and oxygen atoms in total. The molecular weight excluding hydrogens is 232 g/mol. The lowest BCUT2D eigenvalue weighted by Crippen LogP contribution is -2.43. The number of amides is 1. The predicted octanol–water partition coefficient (Wildman–Crippen LogP) is 0.944. The van der Waals surface area contributed by atoms with Crippen molar-refractivity contribution in [1.29, 1.82) is 0 Å². The van der Waals surface area contributed by atoms with Crippen LogP contribution in [0.15, 0.2) is 0 Å². The molecule has 5 heteroatoms. The largest absolute Gasteiger partial charge is 0.481 e. The maximum Gasteiger partial charge on any atom is 0.311 e. The zero-order chi connectivity index (χ0) is 13.9. The smallest absolute Gasteiger partial charge is 0.311 e. The van der Waals surface area contributed by atoms with E-state index in [1.807, 2.05) is 27.7 Å². The molecule has 1 aliphatic heterocycles. The Bertz CT molecular complexity index is 328. The van der Waals surface area contributed by atoms with Gasteiger partial charge in [0.05, 0.1) is 12.0 Å². The predicted molar refractivity (Wildman–Crippen MR) is 69.2 cm³/mol. The number of carbonyl (C=O) groups excluding carboxylic acids is 1. The van der Waals surface area contributed by atoms with E-state index < -0.39 is 11.4 Å². The molecule has 1 unspecified atom stereocenters. The molecule has 0 aliphatic carbocycles. The molecule has 1 atom stereocenters. The lowest BCUT2D eigenvalue weighted by atomic mass is 9.76. The molecule has 2 N–H and O–H groups in total. The van der Waals surface area contributed by atoms with Crippen LogP contribution >= 0.6 is 0 Å². The van der Waals surface area contributed by atoms with Crippen molar-refractivity contribution >= 4 is 11.9 Å². The quantitative estimate of drug-likeness (QED) is 0.768. The van der Waals surface area contributed by atoms with Gasteiger partial charge in [0.2, 0.25) is 5.91 Å². The molecule has 18 heavy (non-hydrogen) atoms. The molecule has 0 aromatic carbocycles. The van der Waals surface area contributed by atoms with Crippen molar-refractivity contribution in [2.45, 2.75) is 40.2 Å². The van der Waals surface area contributed by atoms with Crippen LogP contribution in [0.1, 0.15) is 34.1 Å². The molecule has 1 rings (SSSR count). The SMILES string of the molecule is CC(C)NCC(=O)N1CCC(C(=O)O)(C(C)C)C1. The number of hydrogen-bond acceptors (Lipinski definition) is 3. The van der Waals surface area contributed by atoms with E-state index in [0.29, 0.717) is 19.5 Å². The first-order valence-electron chi connectivity index (χ1n) is 6.54. The number of carbonyl (C=O) groups is 2. The molecule has 0 bridgehead atoms. The Balaban J connectivity index is 2.64. The maximum absolute atomic E-state index is 12.0. The molecule has 1 amide bonds. The number of rotatable bonds is 5. The van der Waals surface area contributed by atoms with E-state index in [9.17, 15) is 14.7 Å². The number of aliphatic carboxylic acids is 1. The van der Waals surface area contributed by atoms with Gasteiger partial charge in [-0.2, -0.15) is 0 Å². The van der Waals surface area contributed by atoms with Gasteiger partial charge in [-0.1, -0.05) is 27.7 Å². The van der Waals surface area contributed by atoms with Gasteiger partial charge in [-0.15, -0.1) is 0 Å². The first-order chi connectivity index (χ1) is 8.29. The van der Waals surface area contributed by atoms with Gasteiger partial charge < -0.3 is 15.3 Å². The van der Waals surface area contributed by atoms with Gasteiger partial charge in [0.1, 0.15) is 0 Å². The summed E-state index contributed by atoms with van der Waals surface area (Å²) in [5.41, 5.74) is -0.770. The topological polar surface area (TPSA) is 69.6 Å². The lowest BCUT2D eigenvalue weighted by molar-refractivity contribution is -0.151. The van der Waals surface area contributed by atoms with Gasteiger partial charge in [0.15, 0.2) is 0 Å². The fourth-order valence-corrected chi connectivity index (χ4v) is 2.34. The summed E-state index contributed by atoms with van der Waals surface area (Å²) >= 11 is 0. The van der Waals surface area contributed by atoms with Crippen LogP contribution in [-0.4, -0.2) is 47.6 Å². The summed E-state index contributed by atoms with van der Waals surface area (Å²) in [7, 11) is 0. The molecule has 0 spiro atoms. The number of carboxylic acid groups (broad SMARTS) is 1. The minimum atomic E-state index is -0.787. The van der Waals surface area contributed by atoms with Gasteiger partial charge in [-0.3, -0.25) is 9.59 Å². The molecule has 1 fully saturated rings. The lowest BCUT2D eigenvalue weighted by Gasteiger charge is -2.28. The van der Waals surface area contributed by atoms with Crippen LogP contribution in [0.5, 0.6) is 0 Å². The Labute approximate surface area is 109 Å². The fraction of sp³-hybridized carbons (Fsp3) is 0.846. The fourth-order valence-electron chi connectivity index (χ4n) is 2.34. The number of nitrogens with zero attached hydrogens (tertiary/aromatic N) is 1. The second kappa shape index (κ2) is 5.69. The van der Waals surface area contributed by atoms with Crippen molar-refractivity contribution < 1.29 is 14.7 Å². The number of nitrogens with one attached hydrogen (secondary N) is 1. The average Bonchev–Trinajstić information content (AvgIpc) is 2.71. The standard InChI is InChI=1S/C13H24N2O3/c1-9(2)13(12(17)18)5-6-15(8-13)11(16)7-14-10(3)4/h9-10,14H,5-8H2,1-4H3,(H,17,18). The Kier molecular flexibility index (Phi) is 4.73. The molecule has 104 valence electrons. The van der Waals surface area contributed by atoms with Crippen molar-refractivity contribution in [3.8, 4) is 0 Å². The molecule has 0 aromatic heterocycles.